The molecular weight excluding hydrogens is 314 g/mol. The fourth-order valence-corrected chi connectivity index (χ4v) is 2.71. The molecule has 1 aromatic carbocycles. The summed E-state index contributed by atoms with van der Waals surface area (Å²) < 4.78 is 0. The molecule has 0 fully saturated rings. The lowest BCUT2D eigenvalue weighted by Gasteiger charge is -2.23. The molecule has 5 heteroatoms. The maximum atomic E-state index is 12.1. The van der Waals surface area contributed by atoms with Crippen molar-refractivity contribution in [2.75, 3.05) is 13.1 Å². The topological polar surface area (TPSA) is 61.8 Å². The van der Waals surface area contributed by atoms with Crippen LogP contribution in [0.2, 0.25) is 0 Å². The number of hydrazone groups is 1. The lowest BCUT2D eigenvalue weighted by molar-refractivity contribution is -0.132. The molecule has 1 N–H and O–H groups in total. The summed E-state index contributed by atoms with van der Waals surface area (Å²) in [4.78, 5) is 24.0. The Labute approximate surface area is 150 Å². The van der Waals surface area contributed by atoms with Gasteiger partial charge in [0.1, 0.15) is 0 Å². The van der Waals surface area contributed by atoms with Crippen LogP contribution in [0.25, 0.3) is 0 Å². The van der Waals surface area contributed by atoms with Crippen molar-refractivity contribution in [3.63, 3.8) is 0 Å². The Morgan fingerprint density at radius 2 is 1.96 bits per heavy atom. The van der Waals surface area contributed by atoms with E-state index >= 15 is 0 Å². The summed E-state index contributed by atoms with van der Waals surface area (Å²) in [6.07, 6.45) is 3.35. The Bertz CT molecular complexity index is 620. The lowest BCUT2D eigenvalue weighted by atomic mass is 10.0. The van der Waals surface area contributed by atoms with Crippen LogP contribution in [0, 0.1) is 5.92 Å². The van der Waals surface area contributed by atoms with Crippen molar-refractivity contribution in [1.29, 1.82) is 0 Å². The van der Waals surface area contributed by atoms with E-state index in [4.69, 9.17) is 0 Å². The molecule has 0 bridgehead atoms. The van der Waals surface area contributed by atoms with Crippen LogP contribution in [0.15, 0.2) is 29.4 Å². The molecule has 0 aliphatic carbocycles. The number of benzene rings is 1. The average Bonchev–Trinajstić information content (AvgIpc) is 2.61. The molecule has 136 valence electrons. The van der Waals surface area contributed by atoms with Gasteiger partial charge < -0.3 is 5.32 Å². The first-order valence-corrected chi connectivity index (χ1v) is 9.23. The maximum absolute atomic E-state index is 12.1. The number of nitrogens with one attached hydrogen (secondary N) is 1. The molecule has 0 aromatic heterocycles. The number of nitrogens with zero attached hydrogens (tertiary/aromatic N) is 2. The van der Waals surface area contributed by atoms with E-state index in [0.717, 1.165) is 24.1 Å². The summed E-state index contributed by atoms with van der Waals surface area (Å²) in [5, 5.41) is 8.84. The van der Waals surface area contributed by atoms with Gasteiger partial charge in [0.25, 0.3) is 0 Å². The normalized spacial score (nSPS) is 14.6. The molecular formula is C20H29N3O2. The summed E-state index contributed by atoms with van der Waals surface area (Å²) in [7, 11) is 0. The number of aryl methyl sites for hydroxylation is 1. The molecule has 0 radical (unpaired) electrons. The average molecular weight is 343 g/mol. The second-order valence-corrected chi connectivity index (χ2v) is 6.90. The van der Waals surface area contributed by atoms with Gasteiger partial charge in [-0.05, 0) is 29.9 Å². The van der Waals surface area contributed by atoms with E-state index in [1.807, 2.05) is 0 Å². The molecule has 1 aliphatic rings. The second kappa shape index (κ2) is 9.35. The first-order valence-electron chi connectivity index (χ1n) is 9.23. The first-order chi connectivity index (χ1) is 12.0. The zero-order valence-electron chi connectivity index (χ0n) is 15.5. The summed E-state index contributed by atoms with van der Waals surface area (Å²) in [5.41, 5.74) is 3.25. The van der Waals surface area contributed by atoms with E-state index in [2.05, 4.69) is 55.5 Å². The molecule has 0 spiro atoms. The van der Waals surface area contributed by atoms with Crippen molar-refractivity contribution in [2.24, 2.45) is 11.0 Å². The van der Waals surface area contributed by atoms with Gasteiger partial charge in [-0.15, -0.1) is 0 Å². The van der Waals surface area contributed by atoms with Crippen LogP contribution in [-0.2, 0) is 16.0 Å². The molecule has 1 heterocycles. The molecule has 5 nitrogen and oxygen atoms in total. The monoisotopic (exact) mass is 343 g/mol. The Morgan fingerprint density at radius 3 is 2.60 bits per heavy atom. The van der Waals surface area contributed by atoms with Crippen LogP contribution in [0.1, 0.15) is 57.6 Å². The van der Waals surface area contributed by atoms with E-state index in [-0.39, 0.29) is 18.2 Å². The van der Waals surface area contributed by atoms with Gasteiger partial charge in [-0.1, -0.05) is 45.0 Å². The highest BCUT2D eigenvalue weighted by molar-refractivity contribution is 6.04. The predicted octanol–water partition coefficient (Wildman–Crippen LogP) is 3.13. The summed E-state index contributed by atoms with van der Waals surface area (Å²) in [5.74, 6) is 0.530. The molecule has 2 amide bonds. The Kier molecular flexibility index (Phi) is 7.16. The van der Waals surface area contributed by atoms with Crippen molar-refractivity contribution < 1.29 is 9.59 Å². The number of hydrogen-bond donors (Lipinski definition) is 1. The third kappa shape index (κ3) is 6.00. The van der Waals surface area contributed by atoms with Crippen LogP contribution in [0.5, 0.6) is 0 Å². The van der Waals surface area contributed by atoms with Crippen molar-refractivity contribution in [3.8, 4) is 0 Å². The van der Waals surface area contributed by atoms with E-state index in [1.165, 1.54) is 10.6 Å². The summed E-state index contributed by atoms with van der Waals surface area (Å²) in [6.45, 7) is 7.40. The first kappa shape index (κ1) is 19.2. The fourth-order valence-electron chi connectivity index (χ4n) is 2.71. The van der Waals surface area contributed by atoms with Gasteiger partial charge in [-0.3, -0.25) is 9.59 Å². The zero-order chi connectivity index (χ0) is 18.2. The Balaban J connectivity index is 1.92. The van der Waals surface area contributed by atoms with Crippen molar-refractivity contribution in [2.45, 2.75) is 52.9 Å². The molecule has 25 heavy (non-hydrogen) atoms. The third-order valence-corrected chi connectivity index (χ3v) is 4.39. The summed E-state index contributed by atoms with van der Waals surface area (Å²) in [6, 6.07) is 8.32. The largest absolute Gasteiger partial charge is 0.356 e. The minimum Gasteiger partial charge on any atom is -0.356 e. The predicted molar refractivity (Wildman–Crippen MR) is 100 cm³/mol. The van der Waals surface area contributed by atoms with Crippen LogP contribution in [-0.4, -0.2) is 35.6 Å². The molecule has 0 saturated carbocycles. The molecule has 2 rings (SSSR count). The number of amides is 2. The van der Waals surface area contributed by atoms with Gasteiger partial charge in [0.15, 0.2) is 0 Å². The molecule has 1 aromatic rings. The Hall–Kier alpha value is -2.17. The van der Waals surface area contributed by atoms with Gasteiger partial charge >= 0.3 is 0 Å². The van der Waals surface area contributed by atoms with E-state index in [1.54, 1.807) is 0 Å². The number of rotatable bonds is 8. The van der Waals surface area contributed by atoms with Crippen molar-refractivity contribution in [1.82, 2.24) is 10.3 Å². The molecule has 1 aliphatic heterocycles. The smallest absolute Gasteiger partial charge is 0.243 e. The highest BCUT2D eigenvalue weighted by atomic mass is 16.2. The second-order valence-electron chi connectivity index (χ2n) is 6.90. The van der Waals surface area contributed by atoms with Crippen molar-refractivity contribution in [3.05, 3.63) is 35.4 Å². The molecule has 0 atom stereocenters. The minimum absolute atomic E-state index is 0.0103. The van der Waals surface area contributed by atoms with E-state index < -0.39 is 0 Å². The van der Waals surface area contributed by atoms with Gasteiger partial charge in [-0.2, -0.15) is 5.10 Å². The van der Waals surface area contributed by atoms with Crippen molar-refractivity contribution >= 4 is 17.5 Å². The SMILES string of the molecule is CCc1ccc(C2=NN(CCC(=O)NCCC(C)C)C(=O)CC2)cc1. The van der Waals surface area contributed by atoms with Crippen LogP contribution < -0.4 is 5.32 Å². The highest BCUT2D eigenvalue weighted by Crippen LogP contribution is 2.16. The van der Waals surface area contributed by atoms with E-state index in [0.29, 0.717) is 31.8 Å². The minimum atomic E-state index is -0.0249. The van der Waals surface area contributed by atoms with Gasteiger partial charge in [0.05, 0.1) is 12.3 Å². The number of carbonyl (C=O) groups excluding carboxylic acids is 2. The van der Waals surface area contributed by atoms with Gasteiger partial charge in [0, 0.05) is 25.8 Å². The van der Waals surface area contributed by atoms with E-state index in [9.17, 15) is 9.59 Å². The lowest BCUT2D eigenvalue weighted by Crippen LogP contribution is -2.35. The number of carbonyl (C=O) groups is 2. The van der Waals surface area contributed by atoms with Gasteiger partial charge in [0.2, 0.25) is 11.8 Å². The quantitative estimate of drug-likeness (QED) is 0.788. The zero-order valence-corrected chi connectivity index (χ0v) is 15.5. The number of hydrogen-bond acceptors (Lipinski definition) is 3. The maximum Gasteiger partial charge on any atom is 0.243 e. The third-order valence-electron chi connectivity index (χ3n) is 4.39. The van der Waals surface area contributed by atoms with Gasteiger partial charge in [-0.25, -0.2) is 5.01 Å². The highest BCUT2D eigenvalue weighted by Gasteiger charge is 2.21. The standard InChI is InChI=1S/C20H29N3O2/c1-4-16-5-7-17(8-6-16)18-9-10-20(25)23(22-18)14-12-19(24)21-13-11-15(2)3/h5-8,15H,4,9-14H2,1-3H3,(H,21,24). The van der Waals surface area contributed by atoms with Crippen LogP contribution >= 0.6 is 0 Å². The molecule has 0 unspecified atom stereocenters. The molecule has 0 saturated heterocycles. The van der Waals surface area contributed by atoms with Crippen LogP contribution in [0.4, 0.5) is 0 Å². The fraction of sp³-hybridized carbons (Fsp3) is 0.550. The van der Waals surface area contributed by atoms with Crippen LogP contribution in [0.3, 0.4) is 0 Å². The Morgan fingerprint density at radius 1 is 1.24 bits per heavy atom. The summed E-state index contributed by atoms with van der Waals surface area (Å²) >= 11 is 0.